The van der Waals surface area contributed by atoms with Crippen molar-refractivity contribution in [2.24, 2.45) is 0 Å². The molecule has 0 spiro atoms. The van der Waals surface area contributed by atoms with E-state index < -0.39 is 0 Å². The number of rotatable bonds is 5. The summed E-state index contributed by atoms with van der Waals surface area (Å²) in [6, 6.07) is 10.6. The highest BCUT2D eigenvalue weighted by atomic mass is 32.1. The zero-order valence-corrected chi connectivity index (χ0v) is 13.0. The van der Waals surface area contributed by atoms with Gasteiger partial charge in [0.15, 0.2) is 0 Å². The van der Waals surface area contributed by atoms with E-state index in [1.807, 2.05) is 19.3 Å². The summed E-state index contributed by atoms with van der Waals surface area (Å²) in [7, 11) is 1.98. The lowest BCUT2D eigenvalue weighted by Gasteiger charge is -2.16. The summed E-state index contributed by atoms with van der Waals surface area (Å²) in [5, 5.41) is 8.83. The van der Waals surface area contributed by atoms with Crippen LogP contribution in [0.1, 0.15) is 35.5 Å². The van der Waals surface area contributed by atoms with E-state index in [1.165, 1.54) is 22.0 Å². The SMILES string of the molecule is CCCc1nnsc1C(NC)c1ccc2ncccc2c1. The molecule has 0 aliphatic rings. The molecule has 0 saturated carbocycles. The van der Waals surface area contributed by atoms with Crippen LogP contribution in [-0.4, -0.2) is 21.6 Å². The van der Waals surface area contributed by atoms with Crippen molar-refractivity contribution in [2.75, 3.05) is 7.05 Å². The van der Waals surface area contributed by atoms with Crippen LogP contribution >= 0.6 is 11.5 Å². The van der Waals surface area contributed by atoms with Crippen molar-refractivity contribution in [1.29, 1.82) is 0 Å². The molecule has 3 aromatic rings. The van der Waals surface area contributed by atoms with Gasteiger partial charge in [0.25, 0.3) is 0 Å². The lowest BCUT2D eigenvalue weighted by atomic mass is 10.0. The van der Waals surface area contributed by atoms with Gasteiger partial charge in [0.1, 0.15) is 0 Å². The topological polar surface area (TPSA) is 50.7 Å². The van der Waals surface area contributed by atoms with Gasteiger partial charge in [-0.25, -0.2) is 0 Å². The predicted octanol–water partition coefficient (Wildman–Crippen LogP) is 3.35. The molecular formula is C16H18N4S. The molecule has 0 fully saturated rings. The number of hydrogen-bond donors (Lipinski definition) is 1. The average Bonchev–Trinajstić information content (AvgIpc) is 2.97. The van der Waals surface area contributed by atoms with Crippen molar-refractivity contribution in [1.82, 2.24) is 19.9 Å². The third-order valence-corrected chi connectivity index (χ3v) is 4.41. The van der Waals surface area contributed by atoms with Gasteiger partial charge in [-0.15, -0.1) is 5.10 Å². The first-order chi connectivity index (χ1) is 10.3. The van der Waals surface area contributed by atoms with Gasteiger partial charge in [-0.05, 0) is 48.8 Å². The first kappa shape index (κ1) is 14.1. The number of aryl methyl sites for hydroxylation is 1. The summed E-state index contributed by atoms with van der Waals surface area (Å²) in [4.78, 5) is 5.59. The van der Waals surface area contributed by atoms with E-state index in [4.69, 9.17) is 0 Å². The highest BCUT2D eigenvalue weighted by Crippen LogP contribution is 2.29. The zero-order valence-electron chi connectivity index (χ0n) is 12.2. The Morgan fingerprint density at radius 1 is 1.29 bits per heavy atom. The van der Waals surface area contributed by atoms with Gasteiger partial charge < -0.3 is 5.32 Å². The smallest absolute Gasteiger partial charge is 0.0807 e. The molecule has 1 N–H and O–H groups in total. The zero-order chi connectivity index (χ0) is 14.7. The van der Waals surface area contributed by atoms with Gasteiger partial charge in [0.05, 0.1) is 22.1 Å². The molecule has 2 aromatic heterocycles. The molecule has 108 valence electrons. The number of hydrogen-bond acceptors (Lipinski definition) is 5. The van der Waals surface area contributed by atoms with Gasteiger partial charge in [-0.3, -0.25) is 4.98 Å². The standard InChI is InChI=1S/C16H18N4S/c1-3-5-14-16(21-20-19-14)15(17-2)12-7-8-13-11(10-12)6-4-9-18-13/h4,6-10,15,17H,3,5H2,1-2H3. The minimum absolute atomic E-state index is 0.135. The maximum Gasteiger partial charge on any atom is 0.0807 e. The summed E-state index contributed by atoms with van der Waals surface area (Å²) in [5.41, 5.74) is 3.35. The second kappa shape index (κ2) is 6.28. The summed E-state index contributed by atoms with van der Waals surface area (Å²) in [6.45, 7) is 2.17. The molecule has 0 bridgehead atoms. The Hall–Kier alpha value is -1.85. The van der Waals surface area contributed by atoms with Crippen LogP contribution < -0.4 is 5.32 Å². The van der Waals surface area contributed by atoms with Crippen LogP contribution in [0, 0.1) is 0 Å². The Bertz CT molecular complexity index is 738. The van der Waals surface area contributed by atoms with E-state index in [2.05, 4.69) is 51.1 Å². The van der Waals surface area contributed by atoms with E-state index in [-0.39, 0.29) is 6.04 Å². The van der Waals surface area contributed by atoms with E-state index >= 15 is 0 Å². The van der Waals surface area contributed by atoms with Crippen molar-refractivity contribution in [3.05, 3.63) is 52.7 Å². The van der Waals surface area contributed by atoms with Crippen LogP contribution in [0.4, 0.5) is 0 Å². The van der Waals surface area contributed by atoms with Crippen LogP contribution in [0.5, 0.6) is 0 Å². The van der Waals surface area contributed by atoms with Crippen molar-refractivity contribution < 1.29 is 0 Å². The summed E-state index contributed by atoms with van der Waals surface area (Å²) in [5.74, 6) is 0. The Kier molecular flexibility index (Phi) is 4.22. The second-order valence-electron chi connectivity index (χ2n) is 5.01. The molecule has 21 heavy (non-hydrogen) atoms. The summed E-state index contributed by atoms with van der Waals surface area (Å²) < 4.78 is 4.14. The van der Waals surface area contributed by atoms with Gasteiger partial charge in [-0.2, -0.15) is 0 Å². The Balaban J connectivity index is 2.03. The number of nitrogens with zero attached hydrogens (tertiary/aromatic N) is 3. The molecule has 0 amide bonds. The molecule has 0 radical (unpaired) electrons. The fourth-order valence-electron chi connectivity index (χ4n) is 2.57. The number of fused-ring (bicyclic) bond motifs is 1. The lowest BCUT2D eigenvalue weighted by Crippen LogP contribution is -2.18. The number of pyridine rings is 1. The molecule has 5 heteroatoms. The molecule has 1 unspecified atom stereocenters. The monoisotopic (exact) mass is 298 g/mol. The Morgan fingerprint density at radius 2 is 2.19 bits per heavy atom. The van der Waals surface area contributed by atoms with Crippen LogP contribution in [0.3, 0.4) is 0 Å². The van der Waals surface area contributed by atoms with Crippen LogP contribution in [0.2, 0.25) is 0 Å². The van der Waals surface area contributed by atoms with Gasteiger partial charge in [0, 0.05) is 11.6 Å². The highest BCUT2D eigenvalue weighted by Gasteiger charge is 2.19. The summed E-state index contributed by atoms with van der Waals surface area (Å²) in [6.07, 6.45) is 3.87. The van der Waals surface area contributed by atoms with Gasteiger partial charge in [-0.1, -0.05) is 30.0 Å². The van der Waals surface area contributed by atoms with Crippen LogP contribution in [0.15, 0.2) is 36.5 Å². The Morgan fingerprint density at radius 3 is 3.00 bits per heavy atom. The third kappa shape index (κ3) is 2.80. The second-order valence-corrected chi connectivity index (χ2v) is 5.80. The van der Waals surface area contributed by atoms with Crippen LogP contribution in [-0.2, 0) is 6.42 Å². The minimum atomic E-state index is 0.135. The molecule has 3 rings (SSSR count). The van der Waals surface area contributed by atoms with Crippen molar-refractivity contribution in [3.8, 4) is 0 Å². The molecule has 1 atom stereocenters. The maximum atomic E-state index is 4.37. The van der Waals surface area contributed by atoms with E-state index in [9.17, 15) is 0 Å². The normalized spacial score (nSPS) is 12.7. The van der Waals surface area contributed by atoms with Gasteiger partial charge in [0.2, 0.25) is 0 Å². The minimum Gasteiger partial charge on any atom is -0.309 e. The third-order valence-electron chi connectivity index (χ3n) is 3.58. The van der Waals surface area contributed by atoms with E-state index in [1.54, 1.807) is 0 Å². The largest absolute Gasteiger partial charge is 0.309 e. The van der Waals surface area contributed by atoms with E-state index in [0.717, 1.165) is 29.4 Å². The van der Waals surface area contributed by atoms with Crippen molar-refractivity contribution in [2.45, 2.75) is 25.8 Å². The van der Waals surface area contributed by atoms with E-state index in [0.29, 0.717) is 0 Å². The molecule has 2 heterocycles. The fraction of sp³-hybridized carbons (Fsp3) is 0.312. The van der Waals surface area contributed by atoms with Crippen molar-refractivity contribution in [3.63, 3.8) is 0 Å². The first-order valence-corrected chi connectivity index (χ1v) is 7.94. The number of benzene rings is 1. The summed E-state index contributed by atoms with van der Waals surface area (Å²) >= 11 is 1.48. The van der Waals surface area contributed by atoms with Crippen LogP contribution in [0.25, 0.3) is 10.9 Å². The number of aromatic nitrogens is 3. The maximum absolute atomic E-state index is 4.37. The lowest BCUT2D eigenvalue weighted by molar-refractivity contribution is 0.689. The first-order valence-electron chi connectivity index (χ1n) is 7.16. The molecule has 0 aliphatic carbocycles. The molecule has 0 saturated heterocycles. The van der Waals surface area contributed by atoms with Crippen molar-refractivity contribution >= 4 is 22.4 Å². The average molecular weight is 298 g/mol. The highest BCUT2D eigenvalue weighted by molar-refractivity contribution is 7.05. The quantitative estimate of drug-likeness (QED) is 0.785. The molecule has 4 nitrogen and oxygen atoms in total. The molecule has 1 aromatic carbocycles. The fourth-order valence-corrected chi connectivity index (χ4v) is 3.40. The van der Waals surface area contributed by atoms with Gasteiger partial charge >= 0.3 is 0 Å². The number of nitrogens with one attached hydrogen (secondary N) is 1. The molecule has 0 aliphatic heterocycles. The molecular weight excluding hydrogens is 280 g/mol. The Labute approximate surface area is 128 Å². The predicted molar refractivity (Wildman–Crippen MR) is 86.5 cm³/mol.